The number of hydrogen-bond acceptors (Lipinski definition) is 4. The second-order valence-corrected chi connectivity index (χ2v) is 10.9. The van der Waals surface area contributed by atoms with Crippen molar-refractivity contribution in [3.05, 3.63) is 58.9 Å². The molecule has 2 aromatic carbocycles. The van der Waals surface area contributed by atoms with Gasteiger partial charge in [0.05, 0.1) is 28.8 Å². The second kappa shape index (κ2) is 10.4. The van der Waals surface area contributed by atoms with Crippen LogP contribution in [0.15, 0.2) is 36.4 Å². The topological polar surface area (TPSA) is 89.9 Å². The molecule has 3 N–H and O–H groups in total. The van der Waals surface area contributed by atoms with Gasteiger partial charge in [0.25, 0.3) is 0 Å². The van der Waals surface area contributed by atoms with Gasteiger partial charge in [-0.3, -0.25) is 9.59 Å². The number of anilines is 2. The third-order valence-electron chi connectivity index (χ3n) is 6.50. The lowest BCUT2D eigenvalue weighted by molar-refractivity contribution is -0.147. The maximum absolute atomic E-state index is 14.4. The zero-order valence-electron chi connectivity index (χ0n) is 21.3. The molecule has 0 unspecified atom stereocenters. The third-order valence-corrected chi connectivity index (χ3v) is 6.50. The Kier molecular flexibility index (Phi) is 7.90. The molecule has 6 nitrogen and oxygen atoms in total. The summed E-state index contributed by atoms with van der Waals surface area (Å²) < 4.78 is 14.4. The normalized spacial score (nSPS) is 15.0. The van der Waals surface area contributed by atoms with Crippen LogP contribution in [-0.4, -0.2) is 40.8 Å². The van der Waals surface area contributed by atoms with Crippen LogP contribution in [0.25, 0.3) is 0 Å². The van der Waals surface area contributed by atoms with E-state index in [1.54, 1.807) is 39.0 Å². The van der Waals surface area contributed by atoms with Crippen LogP contribution < -0.4 is 10.2 Å². The minimum atomic E-state index is -0.990. The molecule has 0 radical (unpaired) electrons. The Morgan fingerprint density at radius 3 is 2.37 bits per heavy atom. The molecule has 3 rings (SSSR count). The molecule has 1 saturated carbocycles. The summed E-state index contributed by atoms with van der Waals surface area (Å²) in [6, 6.07) is 10.1. The van der Waals surface area contributed by atoms with Gasteiger partial charge >= 0.3 is 5.97 Å². The summed E-state index contributed by atoms with van der Waals surface area (Å²) in [6.45, 7) is 10.3. The van der Waals surface area contributed by atoms with Crippen molar-refractivity contribution in [3.8, 4) is 0 Å². The lowest BCUT2D eigenvalue weighted by Gasteiger charge is -2.39. The fourth-order valence-electron chi connectivity index (χ4n) is 4.68. The van der Waals surface area contributed by atoms with Gasteiger partial charge in [0, 0.05) is 13.1 Å². The van der Waals surface area contributed by atoms with Crippen LogP contribution >= 0.6 is 0 Å². The largest absolute Gasteiger partial charge is 0.481 e. The summed E-state index contributed by atoms with van der Waals surface area (Å²) in [7, 11) is 0. The van der Waals surface area contributed by atoms with Crippen LogP contribution in [0.2, 0.25) is 0 Å². The number of hydrogen-bond donors (Lipinski definition) is 3. The Hall–Kier alpha value is -2.93. The number of aryl methyl sites for hydroxylation is 1. The highest BCUT2D eigenvalue weighted by molar-refractivity contribution is 5.96. The van der Waals surface area contributed by atoms with E-state index >= 15 is 0 Å². The number of carboxylic acid groups (broad SMARTS) is 1. The molecule has 0 bridgehead atoms. The summed E-state index contributed by atoms with van der Waals surface area (Å²) in [4.78, 5) is 27.1. The summed E-state index contributed by atoms with van der Waals surface area (Å²) in [5.74, 6) is -1.42. The maximum atomic E-state index is 14.4. The molecule has 35 heavy (non-hydrogen) atoms. The predicted octanol–water partition coefficient (Wildman–Crippen LogP) is 5.05. The van der Waals surface area contributed by atoms with E-state index < -0.39 is 28.7 Å². The number of carbonyl (C=O) groups excluding carboxylic acids is 1. The molecule has 1 fully saturated rings. The zero-order chi connectivity index (χ0) is 26.0. The molecule has 0 aliphatic heterocycles. The predicted molar refractivity (Wildman–Crippen MR) is 136 cm³/mol. The highest BCUT2D eigenvalue weighted by atomic mass is 19.1. The van der Waals surface area contributed by atoms with Gasteiger partial charge in [-0.05, 0) is 74.4 Å². The number of aliphatic hydroxyl groups is 1. The first-order valence-electron chi connectivity index (χ1n) is 12.2. The first-order valence-corrected chi connectivity index (χ1v) is 12.2. The average Bonchev–Trinajstić information content (AvgIpc) is 2.67. The standard InChI is InChI=1S/C28H37FN2O4/c1-18(2)16-31(17-27(4,5)35)24-10-9-21(28(26(33)34)11-6-12-28)15-23(24)30-25(32)14-20-8-7-19(3)13-22(20)29/h7-10,13,15,18,35H,6,11-12,14,16-17H2,1-5H3,(H,30,32)(H,33,34). The number of carbonyl (C=O) groups is 2. The minimum absolute atomic E-state index is 0.143. The highest BCUT2D eigenvalue weighted by Crippen LogP contribution is 2.46. The number of nitrogens with one attached hydrogen (secondary N) is 1. The van der Waals surface area contributed by atoms with Crippen molar-refractivity contribution >= 4 is 23.3 Å². The molecule has 1 amide bonds. The van der Waals surface area contributed by atoms with Crippen LogP contribution in [0.4, 0.5) is 15.8 Å². The van der Waals surface area contributed by atoms with E-state index in [0.29, 0.717) is 48.4 Å². The van der Waals surface area contributed by atoms with Gasteiger partial charge < -0.3 is 20.4 Å². The van der Waals surface area contributed by atoms with Crippen LogP contribution in [0.1, 0.15) is 63.6 Å². The SMILES string of the molecule is Cc1ccc(CC(=O)Nc2cc(C3(C(=O)O)CCC3)ccc2N(CC(C)C)CC(C)(C)O)c(F)c1. The van der Waals surface area contributed by atoms with E-state index in [-0.39, 0.29) is 12.3 Å². The summed E-state index contributed by atoms with van der Waals surface area (Å²) >= 11 is 0. The molecule has 1 aliphatic carbocycles. The summed E-state index contributed by atoms with van der Waals surface area (Å²) in [5.41, 5.74) is 0.930. The first-order chi connectivity index (χ1) is 16.3. The number of halogens is 1. The van der Waals surface area contributed by atoms with Crippen LogP contribution in [0.5, 0.6) is 0 Å². The molecule has 7 heteroatoms. The zero-order valence-corrected chi connectivity index (χ0v) is 21.3. The Morgan fingerprint density at radius 1 is 1.17 bits per heavy atom. The molecular formula is C28H37FN2O4. The van der Waals surface area contributed by atoms with Crippen molar-refractivity contribution in [1.29, 1.82) is 0 Å². The summed E-state index contributed by atoms with van der Waals surface area (Å²) in [5, 5.41) is 23.4. The van der Waals surface area contributed by atoms with Crippen LogP contribution in [-0.2, 0) is 21.4 Å². The van der Waals surface area contributed by atoms with E-state index in [9.17, 15) is 24.2 Å². The van der Waals surface area contributed by atoms with E-state index in [4.69, 9.17) is 0 Å². The molecular weight excluding hydrogens is 447 g/mol. The fourth-order valence-corrected chi connectivity index (χ4v) is 4.68. The maximum Gasteiger partial charge on any atom is 0.314 e. The number of amides is 1. The van der Waals surface area contributed by atoms with Crippen molar-refractivity contribution in [1.82, 2.24) is 0 Å². The van der Waals surface area contributed by atoms with Gasteiger partial charge in [-0.15, -0.1) is 0 Å². The van der Waals surface area contributed by atoms with Crippen LogP contribution in [0, 0.1) is 18.7 Å². The Morgan fingerprint density at radius 2 is 1.86 bits per heavy atom. The molecule has 190 valence electrons. The van der Waals surface area contributed by atoms with Gasteiger partial charge in [-0.25, -0.2) is 4.39 Å². The first kappa shape index (κ1) is 26.7. The van der Waals surface area contributed by atoms with E-state index in [0.717, 1.165) is 12.0 Å². The number of benzene rings is 2. The van der Waals surface area contributed by atoms with Crippen LogP contribution in [0.3, 0.4) is 0 Å². The Labute approximate surface area is 207 Å². The highest BCUT2D eigenvalue weighted by Gasteiger charge is 2.46. The second-order valence-electron chi connectivity index (χ2n) is 10.9. The molecule has 0 saturated heterocycles. The molecule has 2 aromatic rings. The van der Waals surface area contributed by atoms with Crippen molar-refractivity contribution in [3.63, 3.8) is 0 Å². The van der Waals surface area contributed by atoms with Crippen molar-refractivity contribution in [2.75, 3.05) is 23.3 Å². The van der Waals surface area contributed by atoms with Gasteiger partial charge in [0.2, 0.25) is 5.91 Å². The van der Waals surface area contributed by atoms with E-state index in [2.05, 4.69) is 19.2 Å². The lowest BCUT2D eigenvalue weighted by Crippen LogP contribution is -2.43. The monoisotopic (exact) mass is 484 g/mol. The molecule has 0 aromatic heterocycles. The summed E-state index contributed by atoms with van der Waals surface area (Å²) in [6.07, 6.45) is 1.78. The fraction of sp³-hybridized carbons (Fsp3) is 0.500. The van der Waals surface area contributed by atoms with E-state index in [1.165, 1.54) is 6.07 Å². The molecule has 0 atom stereocenters. The lowest BCUT2D eigenvalue weighted by atomic mass is 9.64. The molecule has 0 spiro atoms. The molecule has 1 aliphatic rings. The quantitative estimate of drug-likeness (QED) is 0.439. The number of aliphatic carboxylic acids is 1. The number of nitrogens with zero attached hydrogens (tertiary/aromatic N) is 1. The van der Waals surface area contributed by atoms with Crippen molar-refractivity contribution in [2.45, 2.75) is 71.3 Å². The Balaban J connectivity index is 2.00. The van der Waals surface area contributed by atoms with E-state index in [1.807, 2.05) is 17.0 Å². The average molecular weight is 485 g/mol. The van der Waals surface area contributed by atoms with Gasteiger partial charge in [0.15, 0.2) is 0 Å². The van der Waals surface area contributed by atoms with Gasteiger partial charge in [-0.1, -0.05) is 38.5 Å². The smallest absolute Gasteiger partial charge is 0.314 e. The minimum Gasteiger partial charge on any atom is -0.481 e. The third kappa shape index (κ3) is 6.40. The van der Waals surface area contributed by atoms with Gasteiger partial charge in [0.1, 0.15) is 5.82 Å². The van der Waals surface area contributed by atoms with Gasteiger partial charge in [-0.2, -0.15) is 0 Å². The number of carboxylic acids is 1. The molecule has 0 heterocycles. The number of rotatable bonds is 10. The van der Waals surface area contributed by atoms with Crippen molar-refractivity contribution < 1.29 is 24.2 Å². The Bertz CT molecular complexity index is 1090. The van der Waals surface area contributed by atoms with Crippen molar-refractivity contribution in [2.24, 2.45) is 5.92 Å².